The van der Waals surface area contributed by atoms with Crippen LogP contribution in [0.5, 0.6) is 11.5 Å². The number of rotatable bonds is 3. The minimum absolute atomic E-state index is 0.0432. The molecule has 21 heavy (non-hydrogen) atoms. The number of fused-ring (bicyclic) bond motifs is 1. The predicted molar refractivity (Wildman–Crippen MR) is 74.1 cm³/mol. The Bertz CT molecular complexity index is 663. The number of nitrogen functional groups attached to an aromatic ring is 1. The third-order valence-corrected chi connectivity index (χ3v) is 4.74. The molecule has 0 unspecified atom stereocenters. The van der Waals surface area contributed by atoms with Crippen LogP contribution in [0.1, 0.15) is 36.5 Å². The number of anilines is 1. The molecule has 110 valence electrons. The number of ether oxygens (including phenoxy) is 2. The van der Waals surface area contributed by atoms with Crippen molar-refractivity contribution in [3.63, 3.8) is 0 Å². The molecule has 1 aromatic carbocycles. The van der Waals surface area contributed by atoms with Gasteiger partial charge in [-0.1, -0.05) is 0 Å². The predicted octanol–water partition coefficient (Wildman–Crippen LogP) is 1.24. The molecule has 4 aliphatic rings. The van der Waals surface area contributed by atoms with Crippen molar-refractivity contribution in [2.24, 2.45) is 5.41 Å². The van der Waals surface area contributed by atoms with Gasteiger partial charge in [-0.2, -0.15) is 0 Å². The lowest BCUT2D eigenvalue weighted by Gasteiger charge is -2.69. The zero-order chi connectivity index (χ0) is 14.8. The Kier molecular flexibility index (Phi) is 2.20. The molecule has 2 bridgehead atoms. The summed E-state index contributed by atoms with van der Waals surface area (Å²) in [6, 6.07) is 3.32. The van der Waals surface area contributed by atoms with E-state index in [0.717, 1.165) is 0 Å². The molecule has 0 atom stereocenters. The maximum absolute atomic E-state index is 12.7. The largest absolute Gasteiger partial charge is 0.454 e. The summed E-state index contributed by atoms with van der Waals surface area (Å²) < 4.78 is 10.6. The Morgan fingerprint density at radius 3 is 2.43 bits per heavy atom. The second-order valence-corrected chi connectivity index (χ2v) is 6.39. The quantitative estimate of drug-likeness (QED) is 0.645. The summed E-state index contributed by atoms with van der Waals surface area (Å²) in [5.74, 6) is 1.15. The van der Waals surface area contributed by atoms with Crippen LogP contribution < -0.4 is 20.5 Å². The van der Waals surface area contributed by atoms with Crippen molar-refractivity contribution in [2.75, 3.05) is 12.5 Å². The molecule has 1 aromatic rings. The van der Waals surface area contributed by atoms with E-state index in [2.05, 4.69) is 5.32 Å². The summed E-state index contributed by atoms with van der Waals surface area (Å²) in [5, 5.41) is 2.94. The van der Waals surface area contributed by atoms with Crippen LogP contribution >= 0.6 is 0 Å². The molecule has 1 aliphatic heterocycles. The first kappa shape index (κ1) is 12.5. The molecular weight excluding hydrogens is 272 g/mol. The molecule has 3 saturated carbocycles. The average molecular weight is 288 g/mol. The number of hydrogen-bond acceptors (Lipinski definition) is 5. The maximum atomic E-state index is 12.7. The van der Waals surface area contributed by atoms with Gasteiger partial charge >= 0.3 is 0 Å². The fourth-order valence-electron chi connectivity index (χ4n) is 3.97. The van der Waals surface area contributed by atoms with Crippen LogP contribution in [-0.2, 0) is 4.79 Å². The van der Waals surface area contributed by atoms with Crippen molar-refractivity contribution in [3.8, 4) is 11.5 Å². The van der Waals surface area contributed by atoms with Gasteiger partial charge in [-0.05, 0) is 25.3 Å². The van der Waals surface area contributed by atoms with Crippen molar-refractivity contribution >= 4 is 17.4 Å². The summed E-state index contributed by atoms with van der Waals surface area (Å²) in [5.41, 5.74) is 6.37. The van der Waals surface area contributed by atoms with E-state index in [9.17, 15) is 9.59 Å². The van der Waals surface area contributed by atoms with Crippen LogP contribution in [0.15, 0.2) is 12.1 Å². The summed E-state index contributed by atoms with van der Waals surface area (Å²) in [6.07, 6.45) is 2.10. The highest BCUT2D eigenvalue weighted by molar-refractivity contribution is 6.07. The smallest absolute Gasteiger partial charge is 0.231 e. The maximum Gasteiger partial charge on any atom is 0.231 e. The number of nitrogens with two attached hydrogens (primary N) is 1. The Labute approximate surface area is 121 Å². The number of ketones is 1. The number of carbonyl (C=O) groups is 2. The van der Waals surface area contributed by atoms with Gasteiger partial charge in [0, 0.05) is 35.2 Å². The standard InChI is InChI=1S/C15H16N2O4/c1-8(18)17-15-4-14(5-15,6-15)13(19)9-2-11-12(3-10(9)16)21-7-20-11/h2-3H,4-7,16H2,1H3,(H,17,18). The summed E-state index contributed by atoms with van der Waals surface area (Å²) >= 11 is 0. The normalized spacial score (nSPS) is 31.1. The van der Waals surface area contributed by atoms with E-state index in [-0.39, 0.29) is 29.4 Å². The van der Waals surface area contributed by atoms with E-state index < -0.39 is 0 Å². The second-order valence-electron chi connectivity index (χ2n) is 6.39. The average Bonchev–Trinajstić information content (AvgIpc) is 2.76. The summed E-state index contributed by atoms with van der Waals surface area (Å²) in [6.45, 7) is 1.66. The van der Waals surface area contributed by atoms with Crippen LogP contribution in [0.3, 0.4) is 0 Å². The SMILES string of the molecule is CC(=O)NC12CC(C(=O)c3cc4c(cc3N)OCO4)(C1)C2. The molecule has 0 saturated heterocycles. The van der Waals surface area contributed by atoms with Gasteiger partial charge in [-0.15, -0.1) is 0 Å². The fourth-order valence-corrected chi connectivity index (χ4v) is 3.97. The molecule has 3 aliphatic carbocycles. The Morgan fingerprint density at radius 2 is 1.81 bits per heavy atom. The van der Waals surface area contributed by atoms with Crippen molar-refractivity contribution in [1.29, 1.82) is 0 Å². The van der Waals surface area contributed by atoms with Gasteiger partial charge in [-0.25, -0.2) is 0 Å². The van der Waals surface area contributed by atoms with E-state index in [0.29, 0.717) is 42.0 Å². The van der Waals surface area contributed by atoms with Crippen LogP contribution in [0.4, 0.5) is 5.69 Å². The van der Waals surface area contributed by atoms with E-state index in [1.807, 2.05) is 0 Å². The zero-order valence-corrected chi connectivity index (χ0v) is 11.7. The number of amides is 1. The van der Waals surface area contributed by atoms with E-state index in [1.54, 1.807) is 12.1 Å². The molecule has 3 N–H and O–H groups in total. The van der Waals surface area contributed by atoms with Crippen LogP contribution in [-0.4, -0.2) is 24.0 Å². The lowest BCUT2D eigenvalue weighted by Crippen LogP contribution is -2.76. The zero-order valence-electron chi connectivity index (χ0n) is 11.7. The second kappa shape index (κ2) is 3.69. The monoisotopic (exact) mass is 288 g/mol. The first-order chi connectivity index (χ1) is 9.93. The minimum Gasteiger partial charge on any atom is -0.454 e. The van der Waals surface area contributed by atoms with Crippen LogP contribution in [0.25, 0.3) is 0 Å². The summed E-state index contributed by atoms with van der Waals surface area (Å²) in [4.78, 5) is 23.9. The van der Waals surface area contributed by atoms with Gasteiger partial charge in [0.25, 0.3) is 0 Å². The number of Topliss-reactive ketones (excluding diaryl/α,β-unsaturated/α-hetero) is 1. The van der Waals surface area contributed by atoms with Crippen molar-refractivity contribution in [2.45, 2.75) is 31.7 Å². The summed E-state index contributed by atoms with van der Waals surface area (Å²) in [7, 11) is 0. The number of carbonyl (C=O) groups excluding carboxylic acids is 2. The first-order valence-corrected chi connectivity index (χ1v) is 6.96. The molecule has 1 amide bonds. The van der Waals surface area contributed by atoms with Gasteiger partial charge in [-0.3, -0.25) is 9.59 Å². The molecule has 1 heterocycles. The lowest BCUT2D eigenvalue weighted by atomic mass is 9.37. The molecule has 0 radical (unpaired) electrons. The molecule has 6 nitrogen and oxygen atoms in total. The fraction of sp³-hybridized carbons (Fsp3) is 0.467. The Hall–Kier alpha value is -2.24. The van der Waals surface area contributed by atoms with E-state index >= 15 is 0 Å². The van der Waals surface area contributed by atoms with Gasteiger partial charge < -0.3 is 20.5 Å². The number of nitrogens with one attached hydrogen (secondary N) is 1. The molecule has 0 aromatic heterocycles. The third kappa shape index (κ3) is 1.58. The molecular formula is C15H16N2O4. The number of benzene rings is 1. The topological polar surface area (TPSA) is 90.7 Å². The highest BCUT2D eigenvalue weighted by Crippen LogP contribution is 2.68. The van der Waals surface area contributed by atoms with Gasteiger partial charge in [0.15, 0.2) is 17.3 Å². The number of hydrogen-bond donors (Lipinski definition) is 2. The molecule has 6 heteroatoms. The van der Waals surface area contributed by atoms with Crippen molar-refractivity contribution in [3.05, 3.63) is 17.7 Å². The molecule has 0 spiro atoms. The third-order valence-electron chi connectivity index (χ3n) is 4.74. The molecule has 3 fully saturated rings. The van der Waals surface area contributed by atoms with Gasteiger partial charge in [0.05, 0.1) is 0 Å². The lowest BCUT2D eigenvalue weighted by molar-refractivity contribution is -0.144. The van der Waals surface area contributed by atoms with Gasteiger partial charge in [0.1, 0.15) is 0 Å². The Morgan fingerprint density at radius 1 is 1.19 bits per heavy atom. The molecule has 5 rings (SSSR count). The highest BCUT2D eigenvalue weighted by atomic mass is 16.7. The van der Waals surface area contributed by atoms with Crippen molar-refractivity contribution < 1.29 is 19.1 Å². The first-order valence-electron chi connectivity index (χ1n) is 6.96. The highest BCUT2D eigenvalue weighted by Gasteiger charge is 2.71. The van der Waals surface area contributed by atoms with Crippen molar-refractivity contribution in [1.82, 2.24) is 5.32 Å². The van der Waals surface area contributed by atoms with Crippen LogP contribution in [0.2, 0.25) is 0 Å². The van der Waals surface area contributed by atoms with E-state index in [1.165, 1.54) is 6.92 Å². The Balaban J connectivity index is 1.57. The minimum atomic E-state index is -0.357. The van der Waals surface area contributed by atoms with Crippen LogP contribution in [0, 0.1) is 5.41 Å². The van der Waals surface area contributed by atoms with Gasteiger partial charge in [0.2, 0.25) is 12.7 Å². The van der Waals surface area contributed by atoms with E-state index in [4.69, 9.17) is 15.2 Å².